The summed E-state index contributed by atoms with van der Waals surface area (Å²) in [4.78, 5) is 32.3. The second-order valence-corrected chi connectivity index (χ2v) is 8.25. The van der Waals surface area contributed by atoms with Crippen LogP contribution in [0.1, 0.15) is 6.42 Å². The number of anilines is 2. The average Bonchev–Trinajstić information content (AvgIpc) is 3.47. The third-order valence-electron chi connectivity index (χ3n) is 4.67. The van der Waals surface area contributed by atoms with E-state index < -0.39 is 5.92 Å². The fourth-order valence-corrected chi connectivity index (χ4v) is 4.74. The molecule has 1 atom stereocenters. The zero-order chi connectivity index (χ0) is 19.1. The zero-order valence-corrected chi connectivity index (χ0v) is 16.2. The number of ether oxygens (including phenoxy) is 2. The van der Waals surface area contributed by atoms with Gasteiger partial charge < -0.3 is 19.7 Å². The van der Waals surface area contributed by atoms with E-state index in [1.54, 1.807) is 34.4 Å². The summed E-state index contributed by atoms with van der Waals surface area (Å²) in [6.07, 6.45) is 0.170. The van der Waals surface area contributed by atoms with E-state index in [0.29, 0.717) is 28.9 Å². The van der Waals surface area contributed by atoms with Gasteiger partial charge in [-0.25, -0.2) is 4.98 Å². The molecule has 0 saturated carbocycles. The highest BCUT2D eigenvalue weighted by molar-refractivity contribution is 7.16. The maximum absolute atomic E-state index is 12.7. The predicted octanol–water partition coefficient (Wildman–Crippen LogP) is 3.59. The van der Waals surface area contributed by atoms with Gasteiger partial charge in [-0.1, -0.05) is 6.07 Å². The van der Waals surface area contributed by atoms with E-state index in [1.165, 1.54) is 11.3 Å². The lowest BCUT2D eigenvalue weighted by Crippen LogP contribution is -2.28. The molecule has 7 nitrogen and oxygen atoms in total. The third kappa shape index (κ3) is 3.12. The number of aromatic nitrogens is 1. The van der Waals surface area contributed by atoms with E-state index in [2.05, 4.69) is 10.3 Å². The highest BCUT2D eigenvalue weighted by Crippen LogP contribution is 2.37. The minimum atomic E-state index is -0.424. The lowest BCUT2D eigenvalue weighted by atomic mass is 10.1. The number of benzene rings is 1. The zero-order valence-electron chi connectivity index (χ0n) is 14.6. The largest absolute Gasteiger partial charge is 0.454 e. The van der Waals surface area contributed by atoms with Crippen molar-refractivity contribution >= 4 is 45.3 Å². The maximum atomic E-state index is 12.7. The molecule has 2 aliphatic rings. The Morgan fingerprint density at radius 1 is 1.21 bits per heavy atom. The van der Waals surface area contributed by atoms with Crippen molar-refractivity contribution in [1.29, 1.82) is 0 Å². The molecule has 2 aromatic heterocycles. The Bertz CT molecular complexity index is 1050. The van der Waals surface area contributed by atoms with Crippen LogP contribution in [0, 0.1) is 5.92 Å². The van der Waals surface area contributed by atoms with E-state index in [0.717, 1.165) is 10.6 Å². The molecule has 28 heavy (non-hydrogen) atoms. The van der Waals surface area contributed by atoms with Crippen LogP contribution in [0.25, 0.3) is 10.6 Å². The van der Waals surface area contributed by atoms with Crippen LogP contribution >= 0.6 is 22.7 Å². The Labute approximate surface area is 168 Å². The number of rotatable bonds is 4. The fourth-order valence-electron chi connectivity index (χ4n) is 3.26. The molecule has 2 amide bonds. The first-order valence-corrected chi connectivity index (χ1v) is 10.4. The lowest BCUT2D eigenvalue weighted by Gasteiger charge is -2.17. The van der Waals surface area contributed by atoms with E-state index in [-0.39, 0.29) is 25.0 Å². The standard InChI is InChI=1S/C19H15N3O4S2/c23-17-6-11(8-22(17)12-3-4-14-15(7-12)26-10-25-14)18(24)21-19-20-13(9-28-19)16-2-1-5-27-16/h1-5,7,9,11H,6,8,10H2,(H,20,21,24). The molecule has 0 bridgehead atoms. The van der Waals surface area contributed by atoms with Crippen molar-refractivity contribution in [3.63, 3.8) is 0 Å². The van der Waals surface area contributed by atoms with Crippen molar-refractivity contribution in [3.8, 4) is 22.1 Å². The van der Waals surface area contributed by atoms with Crippen LogP contribution in [-0.4, -0.2) is 30.1 Å². The van der Waals surface area contributed by atoms with Crippen LogP contribution in [0.4, 0.5) is 10.8 Å². The van der Waals surface area contributed by atoms with Gasteiger partial charge in [0.05, 0.1) is 16.5 Å². The number of carbonyl (C=O) groups excluding carboxylic acids is 2. The van der Waals surface area contributed by atoms with Crippen LogP contribution in [0.3, 0.4) is 0 Å². The van der Waals surface area contributed by atoms with Gasteiger partial charge in [-0.05, 0) is 23.6 Å². The molecule has 3 aromatic rings. The molecule has 0 aliphatic carbocycles. The SMILES string of the molecule is O=C(Nc1nc(-c2cccs2)cs1)C1CC(=O)N(c2ccc3c(c2)OCO3)C1. The van der Waals surface area contributed by atoms with E-state index in [4.69, 9.17) is 9.47 Å². The Morgan fingerprint density at radius 3 is 2.96 bits per heavy atom. The number of hydrogen-bond donors (Lipinski definition) is 1. The smallest absolute Gasteiger partial charge is 0.231 e. The van der Waals surface area contributed by atoms with Crippen molar-refractivity contribution < 1.29 is 19.1 Å². The summed E-state index contributed by atoms with van der Waals surface area (Å²) in [6, 6.07) is 9.31. The first-order chi connectivity index (χ1) is 13.7. The third-order valence-corrected chi connectivity index (χ3v) is 6.32. The van der Waals surface area contributed by atoms with Crippen molar-refractivity contribution in [2.45, 2.75) is 6.42 Å². The Balaban J connectivity index is 1.27. The molecule has 1 saturated heterocycles. The molecular formula is C19H15N3O4S2. The van der Waals surface area contributed by atoms with Crippen LogP contribution in [0.2, 0.25) is 0 Å². The van der Waals surface area contributed by atoms with Crippen LogP contribution < -0.4 is 19.7 Å². The molecule has 2 aliphatic heterocycles. The molecule has 0 spiro atoms. The molecule has 1 aromatic carbocycles. The summed E-state index contributed by atoms with van der Waals surface area (Å²) in [6.45, 7) is 0.506. The number of thiazole rings is 1. The van der Waals surface area contributed by atoms with Gasteiger partial charge in [0, 0.05) is 30.1 Å². The van der Waals surface area contributed by atoms with Crippen LogP contribution in [0.15, 0.2) is 41.1 Å². The number of nitrogens with one attached hydrogen (secondary N) is 1. The van der Waals surface area contributed by atoms with Crippen LogP contribution in [-0.2, 0) is 9.59 Å². The second-order valence-electron chi connectivity index (χ2n) is 6.45. The monoisotopic (exact) mass is 413 g/mol. The number of amides is 2. The highest BCUT2D eigenvalue weighted by Gasteiger charge is 2.36. The number of hydrogen-bond acceptors (Lipinski definition) is 7. The first-order valence-electron chi connectivity index (χ1n) is 8.67. The van der Waals surface area contributed by atoms with Gasteiger partial charge in [0.1, 0.15) is 0 Å². The van der Waals surface area contributed by atoms with Gasteiger partial charge >= 0.3 is 0 Å². The average molecular weight is 413 g/mol. The Morgan fingerprint density at radius 2 is 2.11 bits per heavy atom. The molecule has 1 unspecified atom stereocenters. The lowest BCUT2D eigenvalue weighted by molar-refractivity contribution is -0.122. The quantitative estimate of drug-likeness (QED) is 0.707. The molecule has 5 rings (SSSR count). The molecule has 9 heteroatoms. The summed E-state index contributed by atoms with van der Waals surface area (Å²) >= 11 is 2.98. The molecule has 142 valence electrons. The number of thiophene rings is 1. The van der Waals surface area contributed by atoms with Gasteiger partial charge in [-0.15, -0.1) is 22.7 Å². The Kier molecular flexibility index (Phi) is 4.25. The van der Waals surface area contributed by atoms with Gasteiger partial charge in [0.15, 0.2) is 16.6 Å². The minimum Gasteiger partial charge on any atom is -0.454 e. The normalized spacial score (nSPS) is 17.9. The number of nitrogens with zero attached hydrogens (tertiary/aromatic N) is 2. The number of carbonyl (C=O) groups is 2. The van der Waals surface area contributed by atoms with Gasteiger partial charge in [-0.2, -0.15) is 0 Å². The van der Waals surface area contributed by atoms with E-state index >= 15 is 0 Å². The minimum absolute atomic E-state index is 0.0857. The fraction of sp³-hybridized carbons (Fsp3) is 0.211. The summed E-state index contributed by atoms with van der Waals surface area (Å²) in [5.74, 6) is 0.574. The van der Waals surface area contributed by atoms with Crippen molar-refractivity contribution in [2.75, 3.05) is 23.6 Å². The summed E-state index contributed by atoms with van der Waals surface area (Å²) in [5, 5.41) is 7.30. The molecule has 1 fully saturated rings. The molecule has 0 radical (unpaired) electrons. The topological polar surface area (TPSA) is 80.8 Å². The summed E-state index contributed by atoms with van der Waals surface area (Å²) < 4.78 is 10.7. The summed E-state index contributed by atoms with van der Waals surface area (Å²) in [5.41, 5.74) is 1.55. The first kappa shape index (κ1) is 17.2. The van der Waals surface area contributed by atoms with Crippen molar-refractivity contribution in [2.24, 2.45) is 5.92 Å². The summed E-state index contributed by atoms with van der Waals surface area (Å²) in [7, 11) is 0. The van der Waals surface area contributed by atoms with Crippen molar-refractivity contribution in [3.05, 3.63) is 41.1 Å². The van der Waals surface area contributed by atoms with Gasteiger partial charge in [-0.3, -0.25) is 9.59 Å². The number of fused-ring (bicyclic) bond motifs is 1. The second kappa shape index (κ2) is 6.92. The van der Waals surface area contributed by atoms with Crippen molar-refractivity contribution in [1.82, 2.24) is 4.98 Å². The highest BCUT2D eigenvalue weighted by atomic mass is 32.1. The van der Waals surface area contributed by atoms with E-state index in [9.17, 15) is 9.59 Å². The van der Waals surface area contributed by atoms with Crippen LogP contribution in [0.5, 0.6) is 11.5 Å². The Hall–Kier alpha value is -2.91. The molecule has 1 N–H and O–H groups in total. The predicted molar refractivity (Wildman–Crippen MR) is 107 cm³/mol. The van der Waals surface area contributed by atoms with Gasteiger partial charge in [0.2, 0.25) is 18.6 Å². The maximum Gasteiger partial charge on any atom is 0.231 e. The molecular weight excluding hydrogens is 398 g/mol. The van der Waals surface area contributed by atoms with E-state index in [1.807, 2.05) is 22.9 Å². The van der Waals surface area contributed by atoms with Gasteiger partial charge in [0.25, 0.3) is 0 Å². The molecule has 4 heterocycles.